The second-order valence-corrected chi connectivity index (χ2v) is 4.44. The van der Waals surface area contributed by atoms with Gasteiger partial charge in [0.15, 0.2) is 0 Å². The molecule has 0 unspecified atom stereocenters. The Hall–Kier alpha value is -1.84. The largest absolute Gasteiger partial charge is 0.465 e. The molecule has 18 heavy (non-hydrogen) atoms. The topological polar surface area (TPSA) is 44.1 Å². The summed E-state index contributed by atoms with van der Waals surface area (Å²) in [6, 6.07) is 3.68. The average molecular weight is 246 g/mol. The zero-order valence-corrected chi connectivity index (χ0v) is 11.1. The van der Waals surface area contributed by atoms with Crippen LogP contribution in [0, 0.1) is 6.92 Å². The van der Waals surface area contributed by atoms with Crippen LogP contribution in [-0.2, 0) is 11.3 Å². The van der Waals surface area contributed by atoms with Crippen LogP contribution in [0.3, 0.4) is 0 Å². The first-order valence-electron chi connectivity index (χ1n) is 6.21. The first-order valence-corrected chi connectivity index (χ1v) is 6.21. The first-order chi connectivity index (χ1) is 8.67. The number of ether oxygens (including phenoxy) is 1. The van der Waals surface area contributed by atoms with Crippen LogP contribution in [0.1, 0.15) is 35.7 Å². The van der Waals surface area contributed by atoms with Crippen LogP contribution < -0.4 is 0 Å². The van der Waals surface area contributed by atoms with Crippen LogP contribution >= 0.6 is 0 Å². The summed E-state index contributed by atoms with van der Waals surface area (Å²) in [6.45, 7) is 5.05. The Morgan fingerprint density at radius 1 is 1.44 bits per heavy atom. The van der Waals surface area contributed by atoms with E-state index in [-0.39, 0.29) is 5.97 Å². The highest BCUT2D eigenvalue weighted by Gasteiger charge is 2.12. The summed E-state index contributed by atoms with van der Waals surface area (Å²) in [5.41, 5.74) is 3.55. The van der Waals surface area contributed by atoms with Gasteiger partial charge in [-0.1, -0.05) is 13.3 Å². The number of benzene rings is 1. The Morgan fingerprint density at radius 3 is 2.89 bits per heavy atom. The third-order valence-electron chi connectivity index (χ3n) is 3.09. The molecule has 0 saturated heterocycles. The van der Waals surface area contributed by atoms with E-state index in [9.17, 15) is 4.79 Å². The van der Waals surface area contributed by atoms with Crippen molar-refractivity contribution >= 4 is 17.0 Å². The summed E-state index contributed by atoms with van der Waals surface area (Å²) in [7, 11) is 1.40. The molecule has 0 saturated carbocycles. The Labute approximate surface area is 107 Å². The number of carbonyl (C=O) groups excluding carboxylic acids is 1. The molecule has 0 bridgehead atoms. The molecule has 4 heteroatoms. The number of aromatic nitrogens is 2. The normalized spacial score (nSPS) is 10.8. The van der Waals surface area contributed by atoms with Crippen molar-refractivity contribution in [3.8, 4) is 0 Å². The zero-order valence-electron chi connectivity index (χ0n) is 11.1. The van der Waals surface area contributed by atoms with Gasteiger partial charge in [-0.25, -0.2) is 9.78 Å². The highest BCUT2D eigenvalue weighted by molar-refractivity contribution is 5.94. The lowest BCUT2D eigenvalue weighted by molar-refractivity contribution is 0.0601. The molecule has 0 amide bonds. The van der Waals surface area contributed by atoms with Crippen LogP contribution in [0.5, 0.6) is 0 Å². The van der Waals surface area contributed by atoms with E-state index in [0.717, 1.165) is 36.0 Å². The number of hydrogen-bond donors (Lipinski definition) is 0. The number of carbonyl (C=O) groups is 1. The molecule has 0 aliphatic carbocycles. The quantitative estimate of drug-likeness (QED) is 0.779. The zero-order chi connectivity index (χ0) is 13.1. The maximum atomic E-state index is 11.6. The van der Waals surface area contributed by atoms with Crippen molar-refractivity contribution in [3.05, 3.63) is 29.6 Å². The van der Waals surface area contributed by atoms with Gasteiger partial charge in [-0.05, 0) is 31.0 Å². The molecule has 1 aromatic carbocycles. The highest BCUT2D eigenvalue weighted by Crippen LogP contribution is 2.20. The second kappa shape index (κ2) is 5.21. The highest BCUT2D eigenvalue weighted by atomic mass is 16.5. The van der Waals surface area contributed by atoms with Gasteiger partial charge in [-0.3, -0.25) is 0 Å². The van der Waals surface area contributed by atoms with Gasteiger partial charge in [0.25, 0.3) is 0 Å². The fraction of sp³-hybridized carbons (Fsp3) is 0.429. The number of methoxy groups -OCH3 is 1. The number of esters is 1. The Kier molecular flexibility index (Phi) is 3.65. The Balaban J connectivity index is 2.50. The van der Waals surface area contributed by atoms with Gasteiger partial charge in [0.05, 0.1) is 30.0 Å². The van der Waals surface area contributed by atoms with E-state index in [1.54, 1.807) is 0 Å². The summed E-state index contributed by atoms with van der Waals surface area (Å²) in [6.07, 6.45) is 4.08. The van der Waals surface area contributed by atoms with Gasteiger partial charge >= 0.3 is 5.97 Å². The van der Waals surface area contributed by atoms with Gasteiger partial charge in [-0.15, -0.1) is 0 Å². The average Bonchev–Trinajstić information content (AvgIpc) is 2.79. The van der Waals surface area contributed by atoms with E-state index in [1.165, 1.54) is 7.11 Å². The lowest BCUT2D eigenvalue weighted by Gasteiger charge is -2.06. The summed E-state index contributed by atoms with van der Waals surface area (Å²) >= 11 is 0. The number of hydrogen-bond acceptors (Lipinski definition) is 3. The molecule has 2 rings (SSSR count). The van der Waals surface area contributed by atoms with E-state index in [0.29, 0.717) is 5.56 Å². The maximum absolute atomic E-state index is 11.6. The Morgan fingerprint density at radius 2 is 2.22 bits per heavy atom. The van der Waals surface area contributed by atoms with E-state index in [1.807, 2.05) is 25.4 Å². The van der Waals surface area contributed by atoms with Gasteiger partial charge < -0.3 is 9.30 Å². The fourth-order valence-corrected chi connectivity index (χ4v) is 2.08. The first kappa shape index (κ1) is 12.6. The van der Waals surface area contributed by atoms with Gasteiger partial charge in [0, 0.05) is 6.54 Å². The van der Waals surface area contributed by atoms with Gasteiger partial charge in [0.1, 0.15) is 0 Å². The van der Waals surface area contributed by atoms with Crippen molar-refractivity contribution in [3.63, 3.8) is 0 Å². The number of nitrogens with zero attached hydrogens (tertiary/aromatic N) is 2. The van der Waals surface area contributed by atoms with Crippen molar-refractivity contribution in [1.82, 2.24) is 9.55 Å². The lowest BCUT2D eigenvalue weighted by atomic mass is 10.1. The molecule has 0 spiro atoms. The monoisotopic (exact) mass is 246 g/mol. The molecule has 96 valence electrons. The van der Waals surface area contributed by atoms with Gasteiger partial charge in [0.2, 0.25) is 0 Å². The van der Waals surface area contributed by atoms with Crippen LogP contribution in [0.4, 0.5) is 0 Å². The van der Waals surface area contributed by atoms with E-state index in [2.05, 4.69) is 16.5 Å². The van der Waals surface area contributed by atoms with Crippen molar-refractivity contribution < 1.29 is 9.53 Å². The van der Waals surface area contributed by atoms with E-state index >= 15 is 0 Å². The smallest absolute Gasteiger partial charge is 0.337 e. The number of aryl methyl sites for hydroxylation is 2. The molecule has 0 atom stereocenters. The predicted molar refractivity (Wildman–Crippen MR) is 70.7 cm³/mol. The molecule has 0 aliphatic rings. The van der Waals surface area contributed by atoms with E-state index < -0.39 is 0 Å². The number of unbranched alkanes of at least 4 members (excludes halogenated alkanes) is 1. The number of rotatable bonds is 4. The predicted octanol–water partition coefficient (Wildman–Crippen LogP) is 2.93. The minimum atomic E-state index is -0.303. The molecule has 0 N–H and O–H groups in total. The van der Waals surface area contributed by atoms with Crippen LogP contribution in [0.2, 0.25) is 0 Å². The number of fused-ring (bicyclic) bond motifs is 1. The molecule has 1 heterocycles. The maximum Gasteiger partial charge on any atom is 0.337 e. The van der Waals surface area contributed by atoms with Crippen LogP contribution in [0.25, 0.3) is 11.0 Å². The van der Waals surface area contributed by atoms with Crippen molar-refractivity contribution in [1.29, 1.82) is 0 Å². The molecule has 0 radical (unpaired) electrons. The summed E-state index contributed by atoms with van der Waals surface area (Å²) in [5, 5.41) is 0. The lowest BCUT2D eigenvalue weighted by Crippen LogP contribution is -2.03. The minimum Gasteiger partial charge on any atom is -0.465 e. The molecular weight excluding hydrogens is 228 g/mol. The van der Waals surface area contributed by atoms with Crippen molar-refractivity contribution in [2.45, 2.75) is 33.2 Å². The van der Waals surface area contributed by atoms with Crippen molar-refractivity contribution in [2.75, 3.05) is 7.11 Å². The molecule has 0 fully saturated rings. The SMILES string of the molecule is CCCCn1cnc2c(C)cc(C(=O)OC)cc21. The van der Waals surface area contributed by atoms with Crippen LogP contribution in [0.15, 0.2) is 18.5 Å². The standard InChI is InChI=1S/C14H18N2O2/c1-4-5-6-16-9-15-13-10(2)7-11(8-12(13)16)14(17)18-3/h7-9H,4-6H2,1-3H3. The minimum absolute atomic E-state index is 0.303. The third-order valence-corrected chi connectivity index (χ3v) is 3.09. The van der Waals surface area contributed by atoms with Gasteiger partial charge in [-0.2, -0.15) is 0 Å². The third kappa shape index (κ3) is 2.23. The molecular formula is C14H18N2O2. The summed E-state index contributed by atoms with van der Waals surface area (Å²) < 4.78 is 6.86. The van der Waals surface area contributed by atoms with Crippen LogP contribution in [-0.4, -0.2) is 22.6 Å². The molecule has 0 aliphatic heterocycles. The molecule has 1 aromatic heterocycles. The van der Waals surface area contributed by atoms with E-state index in [4.69, 9.17) is 4.74 Å². The summed E-state index contributed by atoms with van der Waals surface area (Å²) in [4.78, 5) is 16.0. The Bertz CT molecular complexity index is 572. The van der Waals surface area contributed by atoms with Crippen molar-refractivity contribution in [2.24, 2.45) is 0 Å². The second-order valence-electron chi connectivity index (χ2n) is 4.44. The fourth-order valence-electron chi connectivity index (χ4n) is 2.08. The molecule has 2 aromatic rings. The molecule has 4 nitrogen and oxygen atoms in total. The number of imidazole rings is 1. The summed E-state index contributed by atoms with van der Waals surface area (Å²) in [5.74, 6) is -0.303.